The molecule has 0 atom stereocenters. The Morgan fingerprint density at radius 3 is 2.58 bits per heavy atom. The molecule has 4 rings (SSSR count). The van der Waals surface area contributed by atoms with Crippen LogP contribution in [-0.4, -0.2) is 76.7 Å². The molecule has 0 saturated carbocycles. The van der Waals surface area contributed by atoms with E-state index < -0.39 is 0 Å². The van der Waals surface area contributed by atoms with E-state index in [0.29, 0.717) is 19.5 Å². The van der Waals surface area contributed by atoms with Gasteiger partial charge in [-0.25, -0.2) is 9.97 Å². The number of aliphatic hydroxyl groups excluding tert-OH is 1. The highest BCUT2D eigenvalue weighted by Gasteiger charge is 2.21. The molecule has 8 heteroatoms. The summed E-state index contributed by atoms with van der Waals surface area (Å²) in [6.07, 6.45) is 2.01. The van der Waals surface area contributed by atoms with E-state index in [2.05, 4.69) is 58.3 Å². The molecule has 1 aliphatic heterocycles. The molecular formula is C23H29N5O2S. The number of fused-ring (bicyclic) bond motifs is 1. The van der Waals surface area contributed by atoms with Gasteiger partial charge < -0.3 is 15.3 Å². The number of carbonyl (C=O) groups is 1. The number of benzene rings is 1. The fourth-order valence-corrected chi connectivity index (χ4v) is 5.07. The Balaban J connectivity index is 1.44. The summed E-state index contributed by atoms with van der Waals surface area (Å²) in [5.41, 5.74) is 3.55. The summed E-state index contributed by atoms with van der Waals surface area (Å²) in [5.74, 6) is 0.937. The van der Waals surface area contributed by atoms with Crippen LogP contribution in [0.25, 0.3) is 21.3 Å². The number of hydrogen-bond acceptors (Lipinski definition) is 7. The zero-order valence-corrected chi connectivity index (χ0v) is 18.9. The van der Waals surface area contributed by atoms with E-state index in [0.717, 1.165) is 53.3 Å². The molecule has 2 aromatic heterocycles. The van der Waals surface area contributed by atoms with Crippen molar-refractivity contribution < 1.29 is 9.90 Å². The first-order valence-electron chi connectivity index (χ1n) is 10.7. The fraction of sp³-hybridized carbons (Fsp3) is 0.435. The first kappa shape index (κ1) is 21.7. The van der Waals surface area contributed by atoms with Gasteiger partial charge in [0.05, 0.1) is 12.0 Å². The van der Waals surface area contributed by atoms with Crippen LogP contribution in [0.4, 0.5) is 5.82 Å². The molecule has 2 N–H and O–H groups in total. The molecule has 164 valence electrons. The van der Waals surface area contributed by atoms with Gasteiger partial charge in [0.1, 0.15) is 17.0 Å². The van der Waals surface area contributed by atoms with Crippen molar-refractivity contribution >= 4 is 33.3 Å². The summed E-state index contributed by atoms with van der Waals surface area (Å²) in [5, 5.41) is 13.5. The van der Waals surface area contributed by atoms with E-state index in [1.807, 2.05) is 4.90 Å². The maximum atomic E-state index is 12.6. The van der Waals surface area contributed by atoms with Crippen LogP contribution in [0.3, 0.4) is 0 Å². The first-order chi connectivity index (χ1) is 15.1. The minimum absolute atomic E-state index is 0.154. The third-order valence-electron chi connectivity index (χ3n) is 5.78. The summed E-state index contributed by atoms with van der Waals surface area (Å²) in [6.45, 7) is 8.66. The molecule has 3 heterocycles. The molecule has 1 fully saturated rings. The lowest BCUT2D eigenvalue weighted by molar-refractivity contribution is -0.132. The Morgan fingerprint density at radius 1 is 1.13 bits per heavy atom. The minimum atomic E-state index is 0.154. The SMILES string of the molecule is Cc1ccc(-c2c(C)sc3ncnc(NCCC(=O)N4CCN(CCO)CC4)c23)cc1. The summed E-state index contributed by atoms with van der Waals surface area (Å²) >= 11 is 1.67. The monoisotopic (exact) mass is 439 g/mol. The van der Waals surface area contributed by atoms with Crippen LogP contribution in [0.2, 0.25) is 0 Å². The van der Waals surface area contributed by atoms with E-state index in [-0.39, 0.29) is 12.5 Å². The van der Waals surface area contributed by atoms with Gasteiger partial charge in [0.25, 0.3) is 0 Å². The molecule has 0 spiro atoms. The predicted molar refractivity (Wildman–Crippen MR) is 126 cm³/mol. The second-order valence-corrected chi connectivity index (χ2v) is 9.13. The van der Waals surface area contributed by atoms with Gasteiger partial charge in [0.15, 0.2) is 0 Å². The van der Waals surface area contributed by atoms with E-state index >= 15 is 0 Å². The molecule has 3 aromatic rings. The van der Waals surface area contributed by atoms with Crippen molar-refractivity contribution in [1.82, 2.24) is 19.8 Å². The first-order valence-corrected chi connectivity index (χ1v) is 11.5. The quantitative estimate of drug-likeness (QED) is 0.589. The molecule has 0 aliphatic carbocycles. The van der Waals surface area contributed by atoms with Gasteiger partial charge in [0, 0.05) is 56.1 Å². The van der Waals surface area contributed by atoms with Crippen LogP contribution in [0, 0.1) is 13.8 Å². The maximum absolute atomic E-state index is 12.6. The number of rotatable bonds is 7. The molecule has 0 bridgehead atoms. The fourth-order valence-electron chi connectivity index (χ4n) is 4.05. The van der Waals surface area contributed by atoms with Crippen LogP contribution >= 0.6 is 11.3 Å². The van der Waals surface area contributed by atoms with E-state index in [4.69, 9.17) is 5.11 Å². The minimum Gasteiger partial charge on any atom is -0.395 e. The Morgan fingerprint density at radius 2 is 1.87 bits per heavy atom. The van der Waals surface area contributed by atoms with Crippen LogP contribution in [0.15, 0.2) is 30.6 Å². The molecule has 7 nitrogen and oxygen atoms in total. The lowest BCUT2D eigenvalue weighted by Crippen LogP contribution is -2.49. The molecule has 0 radical (unpaired) electrons. The Hall–Kier alpha value is -2.55. The number of aryl methyl sites for hydroxylation is 2. The van der Waals surface area contributed by atoms with Crippen molar-refractivity contribution in [1.29, 1.82) is 0 Å². The zero-order chi connectivity index (χ0) is 21.8. The average molecular weight is 440 g/mol. The number of nitrogens with zero attached hydrogens (tertiary/aromatic N) is 4. The van der Waals surface area contributed by atoms with Gasteiger partial charge in [-0.2, -0.15) is 0 Å². The van der Waals surface area contributed by atoms with Crippen molar-refractivity contribution in [3.05, 3.63) is 41.0 Å². The zero-order valence-electron chi connectivity index (χ0n) is 18.1. The van der Waals surface area contributed by atoms with Gasteiger partial charge in [-0.15, -0.1) is 11.3 Å². The van der Waals surface area contributed by atoms with Crippen molar-refractivity contribution in [3.8, 4) is 11.1 Å². The van der Waals surface area contributed by atoms with E-state index in [1.165, 1.54) is 10.4 Å². The number of anilines is 1. The Bertz CT molecular complexity index is 1040. The second-order valence-electron chi connectivity index (χ2n) is 7.92. The molecule has 1 amide bonds. The number of carbonyl (C=O) groups excluding carboxylic acids is 1. The molecule has 0 unspecified atom stereocenters. The number of piperazine rings is 1. The van der Waals surface area contributed by atoms with Crippen LogP contribution < -0.4 is 5.32 Å². The average Bonchev–Trinajstić information content (AvgIpc) is 3.11. The molecule has 31 heavy (non-hydrogen) atoms. The van der Waals surface area contributed by atoms with Crippen LogP contribution in [0.5, 0.6) is 0 Å². The highest BCUT2D eigenvalue weighted by molar-refractivity contribution is 7.19. The summed E-state index contributed by atoms with van der Waals surface area (Å²) in [7, 11) is 0. The standard InChI is InChI=1S/C23H29N5O2S/c1-16-3-5-18(6-4-16)20-17(2)31-23-21(20)22(25-15-26-23)24-8-7-19(30)28-11-9-27(10-12-28)13-14-29/h3-6,15,29H,7-14H2,1-2H3,(H,24,25,26). The van der Waals surface area contributed by atoms with Crippen molar-refractivity contribution in [2.45, 2.75) is 20.3 Å². The Labute approximate surface area is 186 Å². The van der Waals surface area contributed by atoms with Gasteiger partial charge in [0.2, 0.25) is 5.91 Å². The van der Waals surface area contributed by atoms with E-state index in [9.17, 15) is 4.79 Å². The second kappa shape index (κ2) is 9.72. The van der Waals surface area contributed by atoms with Crippen LogP contribution in [0.1, 0.15) is 16.9 Å². The highest BCUT2D eigenvalue weighted by Crippen LogP contribution is 2.40. The highest BCUT2D eigenvalue weighted by atomic mass is 32.1. The van der Waals surface area contributed by atoms with Crippen LogP contribution in [-0.2, 0) is 4.79 Å². The third kappa shape index (κ3) is 4.87. The molecule has 1 aliphatic rings. The lowest BCUT2D eigenvalue weighted by atomic mass is 10.0. The van der Waals surface area contributed by atoms with Crippen molar-refractivity contribution in [2.24, 2.45) is 0 Å². The van der Waals surface area contributed by atoms with E-state index in [1.54, 1.807) is 17.7 Å². The Kier molecular flexibility index (Phi) is 6.80. The maximum Gasteiger partial charge on any atom is 0.224 e. The number of nitrogens with one attached hydrogen (secondary N) is 1. The lowest BCUT2D eigenvalue weighted by Gasteiger charge is -2.34. The number of aliphatic hydroxyl groups is 1. The largest absolute Gasteiger partial charge is 0.395 e. The van der Waals surface area contributed by atoms with Gasteiger partial charge in [-0.3, -0.25) is 9.69 Å². The predicted octanol–water partition coefficient (Wildman–Crippen LogP) is 2.91. The van der Waals surface area contributed by atoms with Gasteiger partial charge >= 0.3 is 0 Å². The smallest absolute Gasteiger partial charge is 0.224 e. The number of β-amino-alcohol motifs (C(OH)–C–C–N with tert-alkyl or cyclic N) is 1. The molecule has 1 aromatic carbocycles. The summed E-state index contributed by atoms with van der Waals surface area (Å²) < 4.78 is 0. The molecular weight excluding hydrogens is 410 g/mol. The summed E-state index contributed by atoms with van der Waals surface area (Å²) in [6, 6.07) is 8.52. The van der Waals surface area contributed by atoms with Gasteiger partial charge in [-0.05, 0) is 19.4 Å². The number of hydrogen-bond donors (Lipinski definition) is 2. The number of amides is 1. The number of thiophene rings is 1. The third-order valence-corrected chi connectivity index (χ3v) is 6.79. The normalized spacial score (nSPS) is 14.9. The summed E-state index contributed by atoms with van der Waals surface area (Å²) in [4.78, 5) is 27.9. The number of aromatic nitrogens is 2. The topological polar surface area (TPSA) is 81.6 Å². The van der Waals surface area contributed by atoms with Gasteiger partial charge in [-0.1, -0.05) is 29.8 Å². The van der Waals surface area contributed by atoms with Crippen molar-refractivity contribution in [3.63, 3.8) is 0 Å². The van der Waals surface area contributed by atoms with Crippen molar-refractivity contribution in [2.75, 3.05) is 51.2 Å². The molecule has 1 saturated heterocycles.